The first kappa shape index (κ1) is 22.5. The number of carbonyl (C=O) groups excluding carboxylic acids is 1. The lowest BCUT2D eigenvalue weighted by Crippen LogP contribution is -2.45. The summed E-state index contributed by atoms with van der Waals surface area (Å²) in [6.45, 7) is 6.01. The second kappa shape index (κ2) is 10.7. The van der Waals surface area contributed by atoms with E-state index in [4.69, 9.17) is 9.72 Å². The van der Waals surface area contributed by atoms with Gasteiger partial charge in [0, 0.05) is 49.2 Å². The summed E-state index contributed by atoms with van der Waals surface area (Å²) in [5.74, 6) is 0.814. The molecule has 168 valence electrons. The molecular weight excluding hydrogens is 420 g/mol. The van der Waals surface area contributed by atoms with Crippen LogP contribution in [0.25, 0.3) is 11.3 Å². The van der Waals surface area contributed by atoms with Gasteiger partial charge >= 0.3 is 0 Å². The van der Waals surface area contributed by atoms with Crippen LogP contribution in [0.3, 0.4) is 0 Å². The Bertz CT molecular complexity index is 998. The lowest BCUT2D eigenvalue weighted by Gasteiger charge is -2.32. The average Bonchev–Trinajstić information content (AvgIpc) is 3.33. The molecule has 1 amide bonds. The number of hydrogen-bond acceptors (Lipinski definition) is 6. The summed E-state index contributed by atoms with van der Waals surface area (Å²) in [6.07, 6.45) is 0.916. The third-order valence-electron chi connectivity index (χ3n) is 5.83. The monoisotopic (exact) mass is 450 g/mol. The van der Waals surface area contributed by atoms with Gasteiger partial charge < -0.3 is 14.5 Å². The standard InChI is InChI=1S/C25H30N4O2S/c1-27-15-17-28(18-16-27)13-6-14-29(24(30)21-7-4-3-5-8-21)25-26-23(19-32-25)20-9-11-22(31-2)12-10-20/h3-5,7-12,19H,6,13-18H2,1-2H3. The molecule has 2 aromatic carbocycles. The van der Waals surface area contributed by atoms with Crippen LogP contribution in [0, 0.1) is 0 Å². The van der Waals surface area contributed by atoms with Gasteiger partial charge in [-0.25, -0.2) is 4.98 Å². The zero-order valence-electron chi connectivity index (χ0n) is 18.7. The molecule has 1 aliphatic heterocycles. The number of anilines is 1. The van der Waals surface area contributed by atoms with Gasteiger partial charge in [-0.1, -0.05) is 18.2 Å². The van der Waals surface area contributed by atoms with Gasteiger partial charge in [0.2, 0.25) is 0 Å². The minimum Gasteiger partial charge on any atom is -0.497 e. The molecule has 2 heterocycles. The summed E-state index contributed by atoms with van der Waals surface area (Å²) in [6, 6.07) is 17.3. The fraction of sp³-hybridized carbons (Fsp3) is 0.360. The molecule has 3 aromatic rings. The van der Waals surface area contributed by atoms with Crippen LogP contribution >= 0.6 is 11.3 Å². The van der Waals surface area contributed by atoms with E-state index in [1.54, 1.807) is 7.11 Å². The molecule has 0 saturated carbocycles. The largest absolute Gasteiger partial charge is 0.497 e. The Kier molecular flexibility index (Phi) is 7.52. The van der Waals surface area contributed by atoms with E-state index in [0.29, 0.717) is 12.1 Å². The van der Waals surface area contributed by atoms with Crippen LogP contribution in [0.4, 0.5) is 5.13 Å². The summed E-state index contributed by atoms with van der Waals surface area (Å²) in [5, 5.41) is 2.76. The molecule has 4 rings (SSSR count). The number of ether oxygens (including phenoxy) is 1. The number of hydrogen-bond donors (Lipinski definition) is 0. The maximum atomic E-state index is 13.4. The van der Waals surface area contributed by atoms with E-state index < -0.39 is 0 Å². The van der Waals surface area contributed by atoms with Crippen molar-refractivity contribution in [3.05, 3.63) is 65.5 Å². The Morgan fingerprint density at radius 1 is 1.06 bits per heavy atom. The number of thiazole rings is 1. The van der Waals surface area contributed by atoms with Crippen molar-refractivity contribution in [3.63, 3.8) is 0 Å². The van der Waals surface area contributed by atoms with Crippen LogP contribution in [-0.2, 0) is 0 Å². The smallest absolute Gasteiger partial charge is 0.260 e. The zero-order valence-corrected chi connectivity index (χ0v) is 19.6. The first-order valence-electron chi connectivity index (χ1n) is 11.0. The molecule has 0 N–H and O–H groups in total. The predicted molar refractivity (Wildman–Crippen MR) is 131 cm³/mol. The molecule has 0 atom stereocenters. The van der Waals surface area contributed by atoms with Gasteiger partial charge in [0.05, 0.1) is 12.8 Å². The Hall–Kier alpha value is -2.74. The van der Waals surface area contributed by atoms with Gasteiger partial charge in [0.15, 0.2) is 5.13 Å². The van der Waals surface area contributed by atoms with Crippen LogP contribution in [-0.4, -0.2) is 74.1 Å². The molecule has 0 spiro atoms. The van der Waals surface area contributed by atoms with Gasteiger partial charge in [0.1, 0.15) is 5.75 Å². The van der Waals surface area contributed by atoms with E-state index in [-0.39, 0.29) is 5.91 Å². The van der Waals surface area contributed by atoms with Gasteiger partial charge in [-0.05, 0) is 56.4 Å². The van der Waals surface area contributed by atoms with Gasteiger partial charge in [-0.15, -0.1) is 11.3 Å². The van der Waals surface area contributed by atoms with E-state index in [1.807, 2.05) is 64.9 Å². The van der Waals surface area contributed by atoms with E-state index in [1.165, 1.54) is 11.3 Å². The van der Waals surface area contributed by atoms with Gasteiger partial charge in [0.25, 0.3) is 5.91 Å². The SMILES string of the molecule is COc1ccc(-c2csc(N(CCCN3CCN(C)CC3)C(=O)c3ccccc3)n2)cc1. The lowest BCUT2D eigenvalue weighted by molar-refractivity contribution is 0.0984. The second-order valence-electron chi connectivity index (χ2n) is 8.07. The first-order valence-corrected chi connectivity index (χ1v) is 11.9. The molecule has 1 saturated heterocycles. The van der Waals surface area contributed by atoms with Gasteiger partial charge in [-0.2, -0.15) is 0 Å². The predicted octanol–water partition coefficient (Wildman–Crippen LogP) is 4.10. The molecule has 1 aromatic heterocycles. The maximum absolute atomic E-state index is 13.4. The van der Waals surface area contributed by atoms with Crippen molar-refractivity contribution in [2.45, 2.75) is 6.42 Å². The fourth-order valence-electron chi connectivity index (χ4n) is 3.83. The first-order chi connectivity index (χ1) is 15.6. The van der Waals surface area contributed by atoms with Crippen LogP contribution in [0.2, 0.25) is 0 Å². The summed E-state index contributed by atoms with van der Waals surface area (Å²) in [7, 11) is 3.83. The summed E-state index contributed by atoms with van der Waals surface area (Å²) in [5.41, 5.74) is 2.57. The van der Waals surface area contributed by atoms with Crippen molar-refractivity contribution in [2.75, 3.05) is 58.3 Å². The molecule has 0 unspecified atom stereocenters. The number of nitrogens with zero attached hydrogens (tertiary/aromatic N) is 4. The topological polar surface area (TPSA) is 48.9 Å². The molecular formula is C25H30N4O2S. The molecule has 6 nitrogen and oxygen atoms in total. The lowest BCUT2D eigenvalue weighted by atomic mass is 10.2. The number of benzene rings is 2. The highest BCUT2D eigenvalue weighted by Crippen LogP contribution is 2.29. The number of methoxy groups -OCH3 is 1. The molecule has 0 radical (unpaired) electrons. The summed E-state index contributed by atoms with van der Waals surface area (Å²) in [4.78, 5) is 24.9. The number of likely N-dealkylation sites (N-methyl/N-ethyl adjacent to an activating group) is 1. The molecule has 0 aliphatic carbocycles. The summed E-state index contributed by atoms with van der Waals surface area (Å²) < 4.78 is 5.25. The summed E-state index contributed by atoms with van der Waals surface area (Å²) >= 11 is 1.51. The van der Waals surface area contributed by atoms with Crippen molar-refractivity contribution >= 4 is 22.4 Å². The van der Waals surface area contributed by atoms with Crippen molar-refractivity contribution in [3.8, 4) is 17.0 Å². The van der Waals surface area contributed by atoms with E-state index in [9.17, 15) is 4.79 Å². The Labute approximate surface area is 194 Å². The Morgan fingerprint density at radius 3 is 2.47 bits per heavy atom. The van der Waals surface area contributed by atoms with Crippen molar-refractivity contribution in [1.82, 2.24) is 14.8 Å². The third-order valence-corrected chi connectivity index (χ3v) is 6.69. The van der Waals surface area contributed by atoms with E-state index >= 15 is 0 Å². The number of piperazine rings is 1. The molecule has 1 aliphatic rings. The second-order valence-corrected chi connectivity index (χ2v) is 8.90. The van der Waals surface area contributed by atoms with E-state index in [2.05, 4.69) is 16.8 Å². The van der Waals surface area contributed by atoms with Crippen LogP contribution in [0.1, 0.15) is 16.8 Å². The number of carbonyl (C=O) groups is 1. The van der Waals surface area contributed by atoms with Crippen molar-refractivity contribution < 1.29 is 9.53 Å². The highest BCUT2D eigenvalue weighted by Gasteiger charge is 2.22. The highest BCUT2D eigenvalue weighted by molar-refractivity contribution is 7.14. The van der Waals surface area contributed by atoms with Crippen molar-refractivity contribution in [2.24, 2.45) is 0 Å². The molecule has 32 heavy (non-hydrogen) atoms. The van der Waals surface area contributed by atoms with Crippen LogP contribution in [0.5, 0.6) is 5.75 Å². The number of amides is 1. The molecule has 1 fully saturated rings. The minimum atomic E-state index is -0.000363. The Balaban J connectivity index is 1.49. The Morgan fingerprint density at radius 2 is 1.78 bits per heavy atom. The van der Waals surface area contributed by atoms with Crippen LogP contribution < -0.4 is 9.64 Å². The average molecular weight is 451 g/mol. The van der Waals surface area contributed by atoms with E-state index in [0.717, 1.165) is 61.3 Å². The zero-order chi connectivity index (χ0) is 22.3. The maximum Gasteiger partial charge on any atom is 0.260 e. The quantitative estimate of drug-likeness (QED) is 0.517. The fourth-order valence-corrected chi connectivity index (χ4v) is 4.69. The minimum absolute atomic E-state index is 0.000363. The highest BCUT2D eigenvalue weighted by atomic mass is 32.1. The molecule has 0 bridgehead atoms. The van der Waals surface area contributed by atoms with Gasteiger partial charge in [-0.3, -0.25) is 9.69 Å². The molecule has 7 heteroatoms. The normalized spacial score (nSPS) is 14.9. The number of aromatic nitrogens is 1. The van der Waals surface area contributed by atoms with Crippen LogP contribution in [0.15, 0.2) is 60.0 Å². The van der Waals surface area contributed by atoms with Crippen molar-refractivity contribution in [1.29, 1.82) is 0 Å². The third kappa shape index (κ3) is 5.54. The number of rotatable bonds is 8.